The van der Waals surface area contributed by atoms with Crippen molar-refractivity contribution < 1.29 is 18.6 Å². The van der Waals surface area contributed by atoms with Gasteiger partial charge in [0, 0.05) is 78.7 Å². The Hall–Kier alpha value is -6.60. The van der Waals surface area contributed by atoms with Crippen LogP contribution in [0.15, 0.2) is 200 Å². The van der Waals surface area contributed by atoms with Gasteiger partial charge in [-0.2, -0.15) is 0 Å². The van der Waals surface area contributed by atoms with Gasteiger partial charge in [0.1, 0.15) is 0 Å². The molecule has 0 unspecified atom stereocenters. The second-order valence-corrected chi connectivity index (χ2v) is 15.3. The van der Waals surface area contributed by atoms with E-state index in [1.54, 1.807) is 0 Å². The van der Waals surface area contributed by atoms with Gasteiger partial charge in [-0.05, 0) is 119 Å². The zero-order valence-corrected chi connectivity index (χ0v) is 34.5. The van der Waals surface area contributed by atoms with Gasteiger partial charge < -0.3 is 10.3 Å². The predicted molar refractivity (Wildman–Crippen MR) is 247 cm³/mol. The molecular formula is C53H38N4SV. The summed E-state index contributed by atoms with van der Waals surface area (Å²) in [7, 11) is 1.50. The third kappa shape index (κ3) is 6.84. The van der Waals surface area contributed by atoms with Gasteiger partial charge in [0.2, 0.25) is 0 Å². The minimum absolute atomic E-state index is 0. The van der Waals surface area contributed by atoms with E-state index >= 15 is 0 Å². The van der Waals surface area contributed by atoms with Crippen LogP contribution in [-0.4, -0.2) is 21.6 Å². The molecule has 0 aliphatic heterocycles. The Bertz CT molecular complexity index is 3110. The van der Waals surface area contributed by atoms with Crippen molar-refractivity contribution in [3.05, 3.63) is 200 Å². The van der Waals surface area contributed by atoms with E-state index in [4.69, 9.17) is 9.97 Å². The van der Waals surface area contributed by atoms with Gasteiger partial charge in [0.15, 0.2) is 0 Å². The summed E-state index contributed by atoms with van der Waals surface area (Å²) in [4.78, 5) is 9.45. The molecule has 0 spiro atoms. The van der Waals surface area contributed by atoms with Crippen LogP contribution in [0.1, 0.15) is 0 Å². The zero-order chi connectivity index (χ0) is 39.0. The number of hydrogen-bond donors (Lipinski definition) is 1. The number of benzene rings is 7. The van der Waals surface area contributed by atoms with Crippen LogP contribution in [0.4, 0.5) is 0 Å². The first-order chi connectivity index (χ1) is 28.8. The van der Waals surface area contributed by atoms with Crippen LogP contribution >= 0.6 is 11.3 Å². The summed E-state index contributed by atoms with van der Waals surface area (Å²) >= 11 is 1.86. The van der Waals surface area contributed by atoms with E-state index in [0.717, 1.165) is 61.5 Å². The molecule has 0 aliphatic carbocycles. The summed E-state index contributed by atoms with van der Waals surface area (Å²) < 4.78 is 5.03. The largest absolute Gasteiger partial charge is 0.333 e. The van der Waals surface area contributed by atoms with Crippen LogP contribution < -0.4 is 5.73 Å². The molecule has 59 heavy (non-hydrogen) atoms. The van der Waals surface area contributed by atoms with E-state index in [0.29, 0.717) is 0 Å². The van der Waals surface area contributed by atoms with E-state index in [9.17, 15) is 0 Å². The first-order valence-electron chi connectivity index (χ1n) is 19.5. The third-order valence-corrected chi connectivity index (χ3v) is 12.1. The normalized spacial score (nSPS) is 11.1. The van der Waals surface area contributed by atoms with Gasteiger partial charge in [0.05, 0.1) is 22.4 Å². The van der Waals surface area contributed by atoms with Crippen LogP contribution in [-0.2, 0) is 18.6 Å². The van der Waals surface area contributed by atoms with Crippen molar-refractivity contribution in [2.24, 2.45) is 5.73 Å². The molecule has 2 N–H and O–H groups in total. The van der Waals surface area contributed by atoms with Crippen LogP contribution in [0.25, 0.3) is 104 Å². The summed E-state index contributed by atoms with van der Waals surface area (Å²) in [5.41, 5.74) is 19.2. The average molecular weight is 814 g/mol. The van der Waals surface area contributed by atoms with Gasteiger partial charge in [-0.25, -0.2) is 0 Å². The van der Waals surface area contributed by atoms with Crippen molar-refractivity contribution in [1.82, 2.24) is 14.5 Å². The maximum Gasteiger partial charge on any atom is 0.0708 e. The van der Waals surface area contributed by atoms with E-state index in [1.165, 1.54) is 49.1 Å². The molecule has 0 aliphatic rings. The number of hydrogen-bond acceptors (Lipinski definition) is 4. The molecule has 7 aromatic carbocycles. The zero-order valence-electron chi connectivity index (χ0n) is 32.3. The molecule has 0 saturated carbocycles. The molecule has 11 aromatic rings. The molecule has 11 rings (SSSR count). The van der Waals surface area contributed by atoms with E-state index < -0.39 is 0 Å². The predicted octanol–water partition coefficient (Wildman–Crippen LogP) is 13.8. The Morgan fingerprint density at radius 1 is 0.390 bits per heavy atom. The molecule has 4 aromatic heterocycles. The minimum Gasteiger partial charge on any atom is -0.333 e. The van der Waals surface area contributed by atoms with Crippen LogP contribution in [0, 0.1) is 0 Å². The fourth-order valence-electron chi connectivity index (χ4n) is 8.31. The number of thiophene rings is 1. The van der Waals surface area contributed by atoms with Crippen LogP contribution in [0.2, 0.25) is 0 Å². The van der Waals surface area contributed by atoms with Gasteiger partial charge in [-0.3, -0.25) is 9.97 Å². The molecule has 4 heterocycles. The minimum atomic E-state index is 0. The van der Waals surface area contributed by atoms with Crippen molar-refractivity contribution in [2.75, 3.05) is 7.05 Å². The Kier molecular flexibility index (Phi) is 10.5. The number of aromatic nitrogens is 3. The quantitative estimate of drug-likeness (QED) is 0.182. The second kappa shape index (κ2) is 16.3. The van der Waals surface area contributed by atoms with Crippen molar-refractivity contribution in [3.8, 4) is 61.6 Å². The van der Waals surface area contributed by atoms with Crippen LogP contribution in [0.3, 0.4) is 0 Å². The maximum absolute atomic E-state index is 4.73. The summed E-state index contributed by atoms with van der Waals surface area (Å²) in [6.45, 7) is 0. The Labute approximate surface area is 359 Å². The number of pyridine rings is 2. The first kappa shape index (κ1) is 38.0. The van der Waals surface area contributed by atoms with Gasteiger partial charge in [-0.15, -0.1) is 11.3 Å². The van der Waals surface area contributed by atoms with E-state index in [1.807, 2.05) is 35.9 Å². The summed E-state index contributed by atoms with van der Waals surface area (Å²) in [5, 5.41) is 4.96. The van der Waals surface area contributed by atoms with Gasteiger partial charge in [0.25, 0.3) is 0 Å². The Morgan fingerprint density at radius 2 is 0.847 bits per heavy atom. The topological polar surface area (TPSA) is 56.7 Å². The number of nitrogens with two attached hydrogens (primary N) is 1. The molecule has 0 atom stereocenters. The van der Waals surface area contributed by atoms with Crippen molar-refractivity contribution in [2.45, 2.75) is 0 Å². The fraction of sp³-hybridized carbons (Fsp3) is 0.0189. The monoisotopic (exact) mass is 813 g/mol. The molecular weight excluding hydrogens is 776 g/mol. The third-order valence-electron chi connectivity index (χ3n) is 10.9. The molecule has 0 fully saturated rings. The molecule has 0 amide bonds. The Balaban J connectivity index is 0.00000148. The molecule has 4 nitrogen and oxygen atoms in total. The number of rotatable bonds is 6. The second-order valence-electron chi connectivity index (χ2n) is 14.2. The average Bonchev–Trinajstić information content (AvgIpc) is 3.84. The van der Waals surface area contributed by atoms with E-state index in [-0.39, 0.29) is 18.6 Å². The summed E-state index contributed by atoms with van der Waals surface area (Å²) in [6.07, 6.45) is 3.73. The number of fused-ring (bicyclic) bond motifs is 6. The molecule has 6 heteroatoms. The van der Waals surface area contributed by atoms with Crippen molar-refractivity contribution in [3.63, 3.8) is 0 Å². The summed E-state index contributed by atoms with van der Waals surface area (Å²) in [6, 6.07) is 67.7. The molecule has 0 saturated heterocycles. The van der Waals surface area contributed by atoms with Crippen molar-refractivity contribution >= 4 is 53.3 Å². The number of nitrogens with zero attached hydrogens (tertiary/aromatic N) is 3. The molecule has 0 bridgehead atoms. The van der Waals surface area contributed by atoms with Gasteiger partial charge in [-0.1, -0.05) is 109 Å². The van der Waals surface area contributed by atoms with Crippen molar-refractivity contribution in [1.29, 1.82) is 0 Å². The Morgan fingerprint density at radius 3 is 1.39 bits per heavy atom. The first-order valence-corrected chi connectivity index (χ1v) is 20.3. The molecule has 281 valence electrons. The SMILES string of the molecule is CN.[V].c1ccc(-c2ccc3sc4ccc(-n5c6ccc(-c7ccccc7-c7ccccn7)cc6c6cc(-c7ccccc7-c7ccccn7)ccc65)cc4c3c2)cc1. The van der Waals surface area contributed by atoms with E-state index in [2.05, 4.69) is 186 Å². The molecule has 1 radical (unpaired) electrons. The van der Waals surface area contributed by atoms with Crippen LogP contribution in [0.5, 0.6) is 0 Å². The standard InChI is InChI=1S/C52H33N3S.CH5N.V/c1-2-12-34(13-3-1)35-22-26-51-45(30-35)46-33-38(23-27-52(46)56-51)55-49-24-20-36(39-14-4-6-16-41(39)47-18-8-10-28-53-47)31-43(49)44-32-37(21-25-50(44)55)40-15-5-7-17-42(40)48-19-9-11-29-54-48;1-2;/h1-33H;2H2,1H3;. The summed E-state index contributed by atoms with van der Waals surface area (Å²) in [5.74, 6) is 0. The maximum atomic E-state index is 4.73. The van der Waals surface area contributed by atoms with Gasteiger partial charge >= 0.3 is 0 Å². The smallest absolute Gasteiger partial charge is 0.0708 e. The fourth-order valence-corrected chi connectivity index (χ4v) is 9.38.